The molecule has 5 nitrogen and oxygen atoms in total. The highest BCUT2D eigenvalue weighted by Gasteiger charge is 2.23. The number of benzene rings is 2. The number of carbonyl (C=O) groups excluding carboxylic acids is 1. The predicted octanol–water partition coefficient (Wildman–Crippen LogP) is 2.68. The van der Waals surface area contributed by atoms with E-state index in [0.29, 0.717) is 11.6 Å². The second-order valence-corrected chi connectivity index (χ2v) is 6.13. The third kappa shape index (κ3) is 3.99. The SMILES string of the molecule is O=C(NCC1Cc2ccccc2O1)NC(CO)c1ccc(Cl)cc1. The number of para-hydroxylation sites is 1. The van der Waals surface area contributed by atoms with Gasteiger partial charge in [-0.25, -0.2) is 4.79 Å². The Morgan fingerprint density at radius 1 is 1.25 bits per heavy atom. The quantitative estimate of drug-likeness (QED) is 0.779. The Bertz CT molecular complexity index is 681. The van der Waals surface area contributed by atoms with E-state index in [9.17, 15) is 9.90 Å². The molecule has 0 radical (unpaired) electrons. The van der Waals surface area contributed by atoms with Gasteiger partial charge < -0.3 is 20.5 Å². The predicted molar refractivity (Wildman–Crippen MR) is 92.4 cm³/mol. The molecular formula is C18H19ClN2O3. The molecule has 1 aliphatic rings. The summed E-state index contributed by atoms with van der Waals surface area (Å²) >= 11 is 5.85. The largest absolute Gasteiger partial charge is 0.488 e. The number of ether oxygens (including phenoxy) is 1. The third-order valence-corrected chi connectivity index (χ3v) is 4.22. The summed E-state index contributed by atoms with van der Waals surface area (Å²) in [6.07, 6.45) is 0.702. The fraction of sp³-hybridized carbons (Fsp3) is 0.278. The van der Waals surface area contributed by atoms with Crippen LogP contribution in [0.15, 0.2) is 48.5 Å². The Morgan fingerprint density at radius 3 is 2.71 bits per heavy atom. The highest BCUT2D eigenvalue weighted by atomic mass is 35.5. The van der Waals surface area contributed by atoms with Crippen molar-refractivity contribution in [1.29, 1.82) is 0 Å². The smallest absolute Gasteiger partial charge is 0.315 e. The van der Waals surface area contributed by atoms with Crippen molar-refractivity contribution in [3.8, 4) is 5.75 Å². The number of fused-ring (bicyclic) bond motifs is 1. The van der Waals surface area contributed by atoms with E-state index in [1.54, 1.807) is 24.3 Å². The van der Waals surface area contributed by atoms with E-state index in [1.165, 1.54) is 0 Å². The van der Waals surface area contributed by atoms with Gasteiger partial charge in [0.15, 0.2) is 0 Å². The van der Waals surface area contributed by atoms with Crippen LogP contribution >= 0.6 is 11.6 Å². The third-order valence-electron chi connectivity index (χ3n) is 3.96. The zero-order chi connectivity index (χ0) is 16.9. The van der Waals surface area contributed by atoms with Crippen molar-refractivity contribution in [2.45, 2.75) is 18.6 Å². The lowest BCUT2D eigenvalue weighted by atomic mass is 10.1. The molecule has 3 rings (SSSR count). The number of halogens is 1. The number of nitrogens with one attached hydrogen (secondary N) is 2. The number of aliphatic hydroxyl groups excluding tert-OH is 1. The van der Waals surface area contributed by atoms with Crippen LogP contribution in [0.5, 0.6) is 5.75 Å². The Balaban J connectivity index is 1.49. The maximum absolute atomic E-state index is 12.1. The maximum Gasteiger partial charge on any atom is 0.315 e. The number of amides is 2. The molecule has 6 heteroatoms. The van der Waals surface area contributed by atoms with Crippen molar-refractivity contribution in [3.05, 3.63) is 64.7 Å². The van der Waals surface area contributed by atoms with Crippen LogP contribution in [0.25, 0.3) is 0 Å². The van der Waals surface area contributed by atoms with Crippen LogP contribution in [0.1, 0.15) is 17.2 Å². The van der Waals surface area contributed by atoms with Crippen molar-refractivity contribution in [2.24, 2.45) is 0 Å². The number of rotatable bonds is 5. The minimum atomic E-state index is -0.482. The fourth-order valence-electron chi connectivity index (χ4n) is 2.71. The topological polar surface area (TPSA) is 70.6 Å². The van der Waals surface area contributed by atoms with Gasteiger partial charge in [0, 0.05) is 11.4 Å². The molecule has 1 aliphatic heterocycles. The summed E-state index contributed by atoms with van der Waals surface area (Å²) < 4.78 is 5.78. The maximum atomic E-state index is 12.1. The molecule has 0 bridgehead atoms. The first-order valence-corrected chi connectivity index (χ1v) is 8.19. The van der Waals surface area contributed by atoms with Crippen LogP contribution in [0, 0.1) is 0 Å². The molecule has 2 amide bonds. The lowest BCUT2D eigenvalue weighted by molar-refractivity contribution is 0.202. The monoisotopic (exact) mass is 346 g/mol. The lowest BCUT2D eigenvalue weighted by Crippen LogP contribution is -2.43. The molecular weight excluding hydrogens is 328 g/mol. The Hall–Kier alpha value is -2.24. The summed E-state index contributed by atoms with van der Waals surface area (Å²) in [5.74, 6) is 0.874. The lowest BCUT2D eigenvalue weighted by Gasteiger charge is -2.18. The Morgan fingerprint density at radius 2 is 2.00 bits per heavy atom. The number of hydrogen-bond acceptors (Lipinski definition) is 3. The second-order valence-electron chi connectivity index (χ2n) is 5.69. The Kier molecular flexibility index (Phi) is 5.23. The van der Waals surface area contributed by atoms with Crippen LogP contribution in [-0.4, -0.2) is 30.4 Å². The molecule has 0 aromatic heterocycles. The first-order valence-electron chi connectivity index (χ1n) is 7.81. The van der Waals surface area contributed by atoms with Crippen LogP contribution in [-0.2, 0) is 6.42 Å². The molecule has 1 heterocycles. The molecule has 0 saturated carbocycles. The number of hydrogen-bond donors (Lipinski definition) is 3. The molecule has 0 aliphatic carbocycles. The normalized spacial score (nSPS) is 16.8. The molecule has 2 aromatic rings. The molecule has 2 aromatic carbocycles. The van der Waals surface area contributed by atoms with Crippen molar-refractivity contribution in [3.63, 3.8) is 0 Å². The van der Waals surface area contributed by atoms with E-state index in [4.69, 9.17) is 16.3 Å². The van der Waals surface area contributed by atoms with Gasteiger partial charge in [0.05, 0.1) is 19.2 Å². The minimum Gasteiger partial charge on any atom is -0.488 e. The molecule has 2 unspecified atom stereocenters. The molecule has 0 fully saturated rings. The van der Waals surface area contributed by atoms with Gasteiger partial charge in [0.1, 0.15) is 11.9 Å². The average molecular weight is 347 g/mol. The molecule has 24 heavy (non-hydrogen) atoms. The highest BCUT2D eigenvalue weighted by Crippen LogP contribution is 2.27. The minimum absolute atomic E-state index is 0.0729. The summed E-state index contributed by atoms with van der Waals surface area (Å²) in [6, 6.07) is 14.0. The zero-order valence-electron chi connectivity index (χ0n) is 13.0. The van der Waals surface area contributed by atoms with Crippen LogP contribution in [0.2, 0.25) is 5.02 Å². The fourth-order valence-corrected chi connectivity index (χ4v) is 2.84. The molecule has 0 saturated heterocycles. The van der Waals surface area contributed by atoms with Crippen molar-refractivity contribution in [1.82, 2.24) is 10.6 Å². The molecule has 0 spiro atoms. The van der Waals surface area contributed by atoms with Gasteiger partial charge in [0.2, 0.25) is 0 Å². The van der Waals surface area contributed by atoms with Gasteiger partial charge in [-0.05, 0) is 29.3 Å². The van der Waals surface area contributed by atoms with Gasteiger partial charge in [-0.1, -0.05) is 41.9 Å². The molecule has 2 atom stereocenters. The Labute approximate surface area is 145 Å². The second kappa shape index (κ2) is 7.55. The standard InChI is InChI=1S/C18H19ClN2O3/c19-14-7-5-12(6-8-14)16(11-22)21-18(23)20-10-15-9-13-3-1-2-4-17(13)24-15/h1-8,15-16,22H,9-11H2,(H2,20,21,23). The summed E-state index contributed by atoms with van der Waals surface area (Å²) in [5.41, 5.74) is 1.95. The number of urea groups is 1. The van der Waals surface area contributed by atoms with E-state index >= 15 is 0 Å². The van der Waals surface area contributed by atoms with E-state index in [1.807, 2.05) is 24.3 Å². The van der Waals surface area contributed by atoms with Crippen molar-refractivity contribution >= 4 is 17.6 Å². The summed E-state index contributed by atoms with van der Waals surface area (Å²) in [5, 5.41) is 15.6. The van der Waals surface area contributed by atoms with Crippen LogP contribution in [0.4, 0.5) is 4.79 Å². The summed E-state index contributed by atoms with van der Waals surface area (Å²) in [6.45, 7) is 0.208. The number of carbonyl (C=O) groups is 1. The first-order chi connectivity index (χ1) is 11.7. The van der Waals surface area contributed by atoms with E-state index in [0.717, 1.165) is 23.3 Å². The van der Waals surface area contributed by atoms with Crippen LogP contribution < -0.4 is 15.4 Å². The van der Waals surface area contributed by atoms with Gasteiger partial charge in [-0.15, -0.1) is 0 Å². The van der Waals surface area contributed by atoms with Gasteiger partial charge in [-0.3, -0.25) is 0 Å². The molecule has 126 valence electrons. The van der Waals surface area contributed by atoms with Crippen molar-refractivity contribution < 1.29 is 14.6 Å². The van der Waals surface area contributed by atoms with Crippen molar-refractivity contribution in [2.75, 3.05) is 13.2 Å². The van der Waals surface area contributed by atoms with Crippen LogP contribution in [0.3, 0.4) is 0 Å². The number of aliphatic hydroxyl groups is 1. The van der Waals surface area contributed by atoms with Gasteiger partial charge in [0.25, 0.3) is 0 Å². The summed E-state index contributed by atoms with van der Waals surface area (Å²) in [4.78, 5) is 12.1. The van der Waals surface area contributed by atoms with E-state index in [-0.39, 0.29) is 18.7 Å². The zero-order valence-corrected chi connectivity index (χ0v) is 13.8. The van der Waals surface area contributed by atoms with Gasteiger partial charge in [-0.2, -0.15) is 0 Å². The van der Waals surface area contributed by atoms with Gasteiger partial charge >= 0.3 is 6.03 Å². The van der Waals surface area contributed by atoms with E-state index < -0.39 is 6.04 Å². The highest BCUT2D eigenvalue weighted by molar-refractivity contribution is 6.30. The average Bonchev–Trinajstić information content (AvgIpc) is 3.02. The first kappa shape index (κ1) is 16.6. The van der Waals surface area contributed by atoms with E-state index in [2.05, 4.69) is 10.6 Å². The summed E-state index contributed by atoms with van der Waals surface area (Å²) in [7, 11) is 0. The molecule has 3 N–H and O–H groups in total.